The SMILES string of the molecule is Cc1ccc([C@@H](C)NC(=O)[C@H](C)Oc2ccc(Br)cc2)cc1. The first kappa shape index (κ1) is 16.6. The lowest BCUT2D eigenvalue weighted by Crippen LogP contribution is -2.37. The van der Waals surface area contributed by atoms with E-state index in [0.717, 1.165) is 10.0 Å². The molecule has 1 amide bonds. The van der Waals surface area contributed by atoms with E-state index in [2.05, 4.69) is 21.2 Å². The molecule has 0 radical (unpaired) electrons. The van der Waals surface area contributed by atoms with Crippen LogP contribution < -0.4 is 10.1 Å². The molecule has 0 unspecified atom stereocenters. The summed E-state index contributed by atoms with van der Waals surface area (Å²) in [6.07, 6.45) is -0.547. The molecular weight excluding hydrogens is 342 g/mol. The number of rotatable bonds is 5. The lowest BCUT2D eigenvalue weighted by atomic mass is 10.1. The third kappa shape index (κ3) is 4.60. The van der Waals surface area contributed by atoms with Crippen LogP contribution in [-0.2, 0) is 4.79 Å². The van der Waals surface area contributed by atoms with E-state index >= 15 is 0 Å². The van der Waals surface area contributed by atoms with Crippen LogP contribution in [0.4, 0.5) is 0 Å². The Labute approximate surface area is 139 Å². The monoisotopic (exact) mass is 361 g/mol. The van der Waals surface area contributed by atoms with Crippen LogP contribution in [0.15, 0.2) is 53.0 Å². The molecule has 22 heavy (non-hydrogen) atoms. The summed E-state index contributed by atoms with van der Waals surface area (Å²) in [6.45, 7) is 5.76. The highest BCUT2D eigenvalue weighted by Crippen LogP contribution is 2.18. The van der Waals surface area contributed by atoms with E-state index in [9.17, 15) is 4.79 Å². The first-order chi connectivity index (χ1) is 10.5. The van der Waals surface area contributed by atoms with Gasteiger partial charge in [0.25, 0.3) is 5.91 Å². The molecule has 116 valence electrons. The molecular formula is C18H20BrNO2. The Morgan fingerprint density at radius 3 is 2.23 bits per heavy atom. The van der Waals surface area contributed by atoms with Crippen LogP contribution in [0.5, 0.6) is 5.75 Å². The summed E-state index contributed by atoms with van der Waals surface area (Å²) in [5.74, 6) is 0.546. The van der Waals surface area contributed by atoms with E-state index in [0.29, 0.717) is 5.75 Å². The van der Waals surface area contributed by atoms with Crippen LogP contribution in [0.1, 0.15) is 31.0 Å². The van der Waals surface area contributed by atoms with Gasteiger partial charge in [0.1, 0.15) is 5.75 Å². The van der Waals surface area contributed by atoms with Gasteiger partial charge in [-0.2, -0.15) is 0 Å². The largest absolute Gasteiger partial charge is 0.481 e. The van der Waals surface area contributed by atoms with Gasteiger partial charge in [0.15, 0.2) is 6.10 Å². The van der Waals surface area contributed by atoms with E-state index in [-0.39, 0.29) is 11.9 Å². The van der Waals surface area contributed by atoms with Gasteiger partial charge in [-0.15, -0.1) is 0 Å². The number of hydrogen-bond acceptors (Lipinski definition) is 2. The van der Waals surface area contributed by atoms with Crippen molar-refractivity contribution in [3.8, 4) is 5.75 Å². The number of nitrogens with one attached hydrogen (secondary N) is 1. The van der Waals surface area contributed by atoms with Gasteiger partial charge in [-0.1, -0.05) is 45.8 Å². The number of carbonyl (C=O) groups is 1. The molecule has 2 aromatic rings. The van der Waals surface area contributed by atoms with Crippen LogP contribution in [-0.4, -0.2) is 12.0 Å². The van der Waals surface area contributed by atoms with Gasteiger partial charge >= 0.3 is 0 Å². The number of ether oxygens (including phenoxy) is 1. The number of aryl methyl sites for hydroxylation is 1. The molecule has 0 spiro atoms. The molecule has 0 heterocycles. The Morgan fingerprint density at radius 1 is 1.05 bits per heavy atom. The minimum atomic E-state index is -0.547. The molecule has 0 bridgehead atoms. The highest BCUT2D eigenvalue weighted by Gasteiger charge is 2.17. The van der Waals surface area contributed by atoms with Crippen molar-refractivity contribution in [1.29, 1.82) is 0 Å². The first-order valence-corrected chi connectivity index (χ1v) is 8.04. The molecule has 1 N–H and O–H groups in total. The summed E-state index contributed by atoms with van der Waals surface area (Å²) in [4.78, 5) is 12.2. The predicted octanol–water partition coefficient (Wildman–Crippen LogP) is 4.40. The van der Waals surface area contributed by atoms with Crippen LogP contribution in [0.25, 0.3) is 0 Å². The molecule has 4 heteroatoms. The molecule has 0 saturated carbocycles. The van der Waals surface area contributed by atoms with Gasteiger partial charge in [-0.05, 0) is 50.6 Å². The molecule has 0 aliphatic rings. The molecule has 0 aromatic heterocycles. The maximum absolute atomic E-state index is 12.2. The quantitative estimate of drug-likeness (QED) is 0.856. The lowest BCUT2D eigenvalue weighted by Gasteiger charge is -2.19. The third-order valence-electron chi connectivity index (χ3n) is 3.43. The minimum Gasteiger partial charge on any atom is -0.481 e. The zero-order chi connectivity index (χ0) is 16.1. The van der Waals surface area contributed by atoms with Gasteiger partial charge in [0.2, 0.25) is 0 Å². The Morgan fingerprint density at radius 2 is 1.64 bits per heavy atom. The Bertz CT molecular complexity index is 623. The second kappa shape index (κ2) is 7.45. The van der Waals surface area contributed by atoms with Crippen molar-refractivity contribution in [1.82, 2.24) is 5.32 Å². The normalized spacial score (nSPS) is 13.3. The fourth-order valence-corrected chi connectivity index (χ4v) is 2.30. The summed E-state index contributed by atoms with van der Waals surface area (Å²) in [6, 6.07) is 15.5. The van der Waals surface area contributed by atoms with Crippen molar-refractivity contribution in [2.45, 2.75) is 32.9 Å². The zero-order valence-corrected chi connectivity index (χ0v) is 14.6. The molecule has 2 aromatic carbocycles. The number of hydrogen-bond donors (Lipinski definition) is 1. The van der Waals surface area contributed by atoms with Crippen molar-refractivity contribution < 1.29 is 9.53 Å². The maximum atomic E-state index is 12.2. The third-order valence-corrected chi connectivity index (χ3v) is 3.96. The van der Waals surface area contributed by atoms with Gasteiger partial charge in [-0.25, -0.2) is 0 Å². The molecule has 0 fully saturated rings. The molecule has 0 saturated heterocycles. The summed E-state index contributed by atoms with van der Waals surface area (Å²) < 4.78 is 6.63. The van der Waals surface area contributed by atoms with E-state index in [1.54, 1.807) is 6.92 Å². The standard InChI is InChI=1S/C18H20BrNO2/c1-12-4-6-15(7-5-12)13(2)20-18(21)14(3)22-17-10-8-16(19)9-11-17/h4-11,13-14H,1-3H3,(H,20,21)/t13-,14+/m1/s1. The van der Waals surface area contributed by atoms with E-state index in [4.69, 9.17) is 4.74 Å². The van der Waals surface area contributed by atoms with Crippen LogP contribution in [0.2, 0.25) is 0 Å². The average molecular weight is 362 g/mol. The van der Waals surface area contributed by atoms with Gasteiger partial charge in [-0.3, -0.25) is 4.79 Å². The first-order valence-electron chi connectivity index (χ1n) is 7.25. The topological polar surface area (TPSA) is 38.3 Å². The highest BCUT2D eigenvalue weighted by atomic mass is 79.9. The molecule has 2 atom stereocenters. The number of halogens is 1. The summed E-state index contributed by atoms with van der Waals surface area (Å²) in [5.41, 5.74) is 2.28. The number of carbonyl (C=O) groups excluding carboxylic acids is 1. The summed E-state index contributed by atoms with van der Waals surface area (Å²) in [7, 11) is 0. The summed E-state index contributed by atoms with van der Waals surface area (Å²) in [5, 5.41) is 2.97. The van der Waals surface area contributed by atoms with E-state index in [1.165, 1.54) is 5.56 Å². The molecule has 0 aliphatic heterocycles. The average Bonchev–Trinajstić information content (AvgIpc) is 2.50. The Kier molecular flexibility index (Phi) is 5.61. The zero-order valence-electron chi connectivity index (χ0n) is 13.0. The van der Waals surface area contributed by atoms with Crippen LogP contribution in [0.3, 0.4) is 0 Å². The van der Waals surface area contributed by atoms with Crippen molar-refractivity contribution in [3.05, 3.63) is 64.1 Å². The molecule has 0 aliphatic carbocycles. The second-order valence-electron chi connectivity index (χ2n) is 5.35. The smallest absolute Gasteiger partial charge is 0.261 e. The fraction of sp³-hybridized carbons (Fsp3) is 0.278. The predicted molar refractivity (Wildman–Crippen MR) is 92.0 cm³/mol. The molecule has 3 nitrogen and oxygen atoms in total. The summed E-state index contributed by atoms with van der Waals surface area (Å²) >= 11 is 3.37. The van der Waals surface area contributed by atoms with Crippen molar-refractivity contribution >= 4 is 21.8 Å². The Balaban J connectivity index is 1.93. The minimum absolute atomic E-state index is 0.0518. The second-order valence-corrected chi connectivity index (χ2v) is 6.27. The lowest BCUT2D eigenvalue weighted by molar-refractivity contribution is -0.127. The maximum Gasteiger partial charge on any atom is 0.261 e. The fourth-order valence-electron chi connectivity index (χ4n) is 2.04. The Hall–Kier alpha value is -1.81. The van der Waals surface area contributed by atoms with Gasteiger partial charge in [0, 0.05) is 4.47 Å². The van der Waals surface area contributed by atoms with E-state index in [1.807, 2.05) is 62.4 Å². The van der Waals surface area contributed by atoms with E-state index < -0.39 is 6.10 Å². The van der Waals surface area contributed by atoms with Crippen molar-refractivity contribution in [2.75, 3.05) is 0 Å². The highest BCUT2D eigenvalue weighted by molar-refractivity contribution is 9.10. The number of benzene rings is 2. The van der Waals surface area contributed by atoms with Gasteiger partial charge < -0.3 is 10.1 Å². The van der Waals surface area contributed by atoms with Crippen LogP contribution >= 0.6 is 15.9 Å². The molecule has 2 rings (SSSR count). The number of amides is 1. The van der Waals surface area contributed by atoms with Gasteiger partial charge in [0.05, 0.1) is 6.04 Å². The van der Waals surface area contributed by atoms with Crippen molar-refractivity contribution in [3.63, 3.8) is 0 Å². The van der Waals surface area contributed by atoms with Crippen molar-refractivity contribution in [2.24, 2.45) is 0 Å². The van der Waals surface area contributed by atoms with Crippen LogP contribution in [0, 0.1) is 6.92 Å².